The topological polar surface area (TPSA) is 90.7 Å². The van der Waals surface area contributed by atoms with Gasteiger partial charge < -0.3 is 21.0 Å². The van der Waals surface area contributed by atoms with Crippen LogP contribution >= 0.6 is 11.8 Å². The maximum atomic E-state index is 12.2. The molecule has 0 saturated carbocycles. The quantitative estimate of drug-likeness (QED) is 0.170. The Morgan fingerprint density at radius 3 is 2.00 bits per heavy atom. The molecule has 3 aromatic carbocycles. The lowest BCUT2D eigenvalue weighted by Gasteiger charge is -2.25. The fourth-order valence-corrected chi connectivity index (χ4v) is 5.15. The van der Waals surface area contributed by atoms with Gasteiger partial charge in [-0.05, 0) is 84.5 Å². The third kappa shape index (κ3) is 8.33. The number of unbranched alkanes of at least 4 members (excludes halogenated alkanes) is 2. The number of rotatable bonds is 11. The van der Waals surface area contributed by atoms with Gasteiger partial charge in [-0.2, -0.15) is 11.8 Å². The number of ether oxygens (including phenoxy) is 1. The van der Waals surface area contributed by atoms with E-state index < -0.39 is 5.41 Å². The Bertz CT molecular complexity index is 1100. The van der Waals surface area contributed by atoms with Crippen molar-refractivity contribution in [1.82, 2.24) is 0 Å². The Labute approximate surface area is 232 Å². The molecule has 6 heteroatoms. The summed E-state index contributed by atoms with van der Waals surface area (Å²) in [5.74, 6) is 2.10. The number of benzene rings is 3. The van der Waals surface area contributed by atoms with Crippen molar-refractivity contribution in [2.45, 2.75) is 37.5 Å². The van der Waals surface area contributed by atoms with Crippen LogP contribution in [0.1, 0.15) is 42.4 Å². The molecule has 0 atom stereocenters. The molecule has 0 radical (unpaired) electrons. The van der Waals surface area contributed by atoms with Crippen molar-refractivity contribution in [1.29, 1.82) is 0 Å². The summed E-state index contributed by atoms with van der Waals surface area (Å²) in [5, 5.41) is 0. The molecule has 202 valence electrons. The van der Waals surface area contributed by atoms with E-state index in [-0.39, 0.29) is 0 Å². The van der Waals surface area contributed by atoms with Crippen molar-refractivity contribution in [2.75, 3.05) is 25.7 Å². The second-order valence-electron chi connectivity index (χ2n) is 8.89. The number of hydrogen-bond donors (Lipinski definition) is 2. The van der Waals surface area contributed by atoms with Crippen molar-refractivity contribution in [3.8, 4) is 16.9 Å². The molecule has 1 aliphatic carbocycles. The SMILES string of the molecule is C=N/C=C\N.COc1ccc(CCN)cc1.CSCCCCCC1(C=O)c2ccccc2-c2ccccc21. The summed E-state index contributed by atoms with van der Waals surface area (Å²) in [6.07, 6.45) is 11.5. The highest BCUT2D eigenvalue weighted by Crippen LogP contribution is 2.50. The maximum Gasteiger partial charge on any atom is 0.134 e. The summed E-state index contributed by atoms with van der Waals surface area (Å²) < 4.78 is 5.02. The van der Waals surface area contributed by atoms with Gasteiger partial charge in [0.15, 0.2) is 0 Å². The van der Waals surface area contributed by atoms with Crippen LogP contribution in [0.4, 0.5) is 0 Å². The van der Waals surface area contributed by atoms with Gasteiger partial charge in [0.05, 0.1) is 12.5 Å². The monoisotopic (exact) mass is 531 g/mol. The number of hydrogen-bond acceptors (Lipinski definition) is 6. The molecular weight excluding hydrogens is 490 g/mol. The molecule has 0 amide bonds. The van der Waals surface area contributed by atoms with Crippen LogP contribution in [0.3, 0.4) is 0 Å². The van der Waals surface area contributed by atoms with Crippen LogP contribution in [0.25, 0.3) is 11.1 Å². The third-order valence-corrected chi connectivity index (χ3v) is 7.21. The molecule has 0 heterocycles. The first kappa shape index (κ1) is 30.9. The van der Waals surface area contributed by atoms with E-state index in [4.69, 9.17) is 16.2 Å². The summed E-state index contributed by atoms with van der Waals surface area (Å²) in [6.45, 7) is 3.83. The Morgan fingerprint density at radius 1 is 0.947 bits per heavy atom. The molecule has 0 fully saturated rings. The van der Waals surface area contributed by atoms with Crippen LogP contribution in [0.5, 0.6) is 5.75 Å². The average molecular weight is 532 g/mol. The van der Waals surface area contributed by atoms with E-state index in [9.17, 15) is 4.79 Å². The van der Waals surface area contributed by atoms with Gasteiger partial charge in [0.25, 0.3) is 0 Å². The molecule has 38 heavy (non-hydrogen) atoms. The largest absolute Gasteiger partial charge is 0.497 e. The standard InChI is InChI=1S/C20H22OS.C9H13NO.C3H6N2/c1-22-14-8-2-7-13-20(15-21)18-11-5-3-9-16(18)17-10-4-6-12-19(17)20;1-11-9-4-2-8(3-5-9)6-7-10;1-5-3-2-4/h3-6,9-12,15H,2,7-8,13-14H2,1H3;2-5H,6-7,10H2,1H3;2-3H,1,4H2/b;;3-2-. The van der Waals surface area contributed by atoms with Crippen molar-refractivity contribution < 1.29 is 9.53 Å². The van der Waals surface area contributed by atoms with E-state index in [0.29, 0.717) is 6.54 Å². The number of carbonyl (C=O) groups is 1. The molecule has 0 saturated heterocycles. The van der Waals surface area contributed by atoms with Crippen LogP contribution in [0.15, 0.2) is 90.2 Å². The third-order valence-electron chi connectivity index (χ3n) is 6.51. The van der Waals surface area contributed by atoms with E-state index >= 15 is 0 Å². The minimum absolute atomic E-state index is 0.438. The first-order valence-corrected chi connectivity index (χ1v) is 14.3. The van der Waals surface area contributed by atoms with E-state index in [1.807, 2.05) is 36.0 Å². The number of aldehydes is 1. The first-order valence-electron chi connectivity index (χ1n) is 12.9. The van der Waals surface area contributed by atoms with Crippen molar-refractivity contribution in [2.24, 2.45) is 16.5 Å². The predicted octanol–water partition coefficient (Wildman–Crippen LogP) is 6.39. The van der Waals surface area contributed by atoms with Gasteiger partial charge >= 0.3 is 0 Å². The molecule has 0 aliphatic heterocycles. The molecule has 0 unspecified atom stereocenters. The maximum absolute atomic E-state index is 12.2. The molecular formula is C32H41N3O2S. The molecule has 4 rings (SSSR count). The van der Waals surface area contributed by atoms with Crippen molar-refractivity contribution in [3.63, 3.8) is 0 Å². The molecule has 5 nitrogen and oxygen atoms in total. The lowest BCUT2D eigenvalue weighted by atomic mass is 9.75. The lowest BCUT2D eigenvalue weighted by Crippen LogP contribution is -2.27. The van der Waals surface area contributed by atoms with Crippen LogP contribution in [-0.2, 0) is 16.6 Å². The minimum atomic E-state index is -0.438. The van der Waals surface area contributed by atoms with Gasteiger partial charge in [-0.3, -0.25) is 4.99 Å². The molecule has 0 bridgehead atoms. The highest BCUT2D eigenvalue weighted by Gasteiger charge is 2.42. The normalized spacial score (nSPS) is 12.3. The Hall–Kier alpha value is -3.35. The molecule has 3 aromatic rings. The van der Waals surface area contributed by atoms with Gasteiger partial charge in [-0.15, -0.1) is 0 Å². The number of fused-ring (bicyclic) bond motifs is 3. The number of nitrogens with zero attached hydrogens (tertiary/aromatic N) is 1. The van der Waals surface area contributed by atoms with E-state index in [1.54, 1.807) is 7.11 Å². The van der Waals surface area contributed by atoms with Gasteiger partial charge in [-0.1, -0.05) is 73.5 Å². The molecule has 0 aromatic heterocycles. The number of carbonyl (C=O) groups excluding carboxylic acids is 1. The second kappa shape index (κ2) is 17.2. The number of methoxy groups -OCH3 is 1. The Kier molecular flexibility index (Phi) is 14.0. The minimum Gasteiger partial charge on any atom is -0.497 e. The Balaban J connectivity index is 0.000000264. The number of nitrogens with two attached hydrogens (primary N) is 2. The fraction of sp³-hybridized carbons (Fsp3) is 0.312. The number of aliphatic imine (C=N–C) groups is 1. The summed E-state index contributed by atoms with van der Waals surface area (Å²) >= 11 is 1.90. The van der Waals surface area contributed by atoms with Gasteiger partial charge in [0.1, 0.15) is 12.0 Å². The van der Waals surface area contributed by atoms with E-state index in [2.05, 4.69) is 66.5 Å². The second-order valence-corrected chi connectivity index (χ2v) is 9.88. The summed E-state index contributed by atoms with van der Waals surface area (Å²) in [5.41, 5.74) is 15.9. The Morgan fingerprint density at radius 2 is 1.55 bits per heavy atom. The molecule has 0 spiro atoms. The lowest BCUT2D eigenvalue weighted by molar-refractivity contribution is -0.111. The molecule has 1 aliphatic rings. The van der Waals surface area contributed by atoms with Crippen LogP contribution < -0.4 is 16.2 Å². The zero-order chi connectivity index (χ0) is 27.6. The zero-order valence-electron chi connectivity index (χ0n) is 22.6. The van der Waals surface area contributed by atoms with Gasteiger partial charge in [0, 0.05) is 12.4 Å². The zero-order valence-corrected chi connectivity index (χ0v) is 23.5. The highest BCUT2D eigenvalue weighted by molar-refractivity contribution is 7.98. The molecule has 4 N–H and O–H groups in total. The van der Waals surface area contributed by atoms with E-state index in [1.165, 1.54) is 65.1 Å². The van der Waals surface area contributed by atoms with Crippen LogP contribution in [0, 0.1) is 0 Å². The summed E-state index contributed by atoms with van der Waals surface area (Å²) in [7, 11) is 1.66. The fourth-order valence-electron chi connectivity index (χ4n) is 4.66. The van der Waals surface area contributed by atoms with Gasteiger partial charge in [-0.25, -0.2) is 0 Å². The number of thioether (sulfide) groups is 1. The summed E-state index contributed by atoms with van der Waals surface area (Å²) in [4.78, 5) is 15.5. The van der Waals surface area contributed by atoms with Crippen LogP contribution in [0.2, 0.25) is 0 Å². The smallest absolute Gasteiger partial charge is 0.134 e. The van der Waals surface area contributed by atoms with Gasteiger partial charge in [0.2, 0.25) is 0 Å². The highest BCUT2D eigenvalue weighted by atomic mass is 32.2. The predicted molar refractivity (Wildman–Crippen MR) is 164 cm³/mol. The van der Waals surface area contributed by atoms with Crippen molar-refractivity contribution >= 4 is 24.8 Å². The average Bonchev–Trinajstić information content (AvgIpc) is 3.25. The first-order chi connectivity index (χ1) is 18.6. The van der Waals surface area contributed by atoms with Crippen LogP contribution in [-0.4, -0.2) is 38.7 Å². The van der Waals surface area contributed by atoms with Crippen molar-refractivity contribution in [3.05, 3.63) is 102 Å². The van der Waals surface area contributed by atoms with E-state index in [0.717, 1.165) is 25.0 Å². The summed E-state index contributed by atoms with van der Waals surface area (Å²) in [6, 6.07) is 24.8.